The highest BCUT2D eigenvalue weighted by atomic mass is 35.5. The Bertz CT molecular complexity index is 1440. The normalized spacial score (nSPS) is 19.3. The maximum absolute atomic E-state index is 15.0. The number of hydrogen-bond donors (Lipinski definition) is 1. The van der Waals surface area contributed by atoms with Crippen molar-refractivity contribution in [2.24, 2.45) is 5.73 Å². The maximum Gasteiger partial charge on any atom is 0.332 e. The number of anilines is 2. The molecular formula is C24H24ClF2N7O3S. The third kappa shape index (κ3) is 5.06. The standard InChI is InChI=1S/C24H24ClF2N7O3S/c25-20-12-16(24(26,27)23-29-6-1-7-30-23)13-21(31-20)32-8-10-33(11-9-32)38(36,37)19-4-2-18(3-5-19)34-15-17(28)14-22(34)35/h1-7,12-13,17H,8-11,14-15,28H2. The molecule has 2 saturated heterocycles. The molecule has 0 aliphatic carbocycles. The van der Waals surface area contributed by atoms with E-state index in [4.69, 9.17) is 17.3 Å². The lowest BCUT2D eigenvalue weighted by atomic mass is 10.1. The van der Waals surface area contributed by atoms with Crippen molar-refractivity contribution in [3.05, 3.63) is 71.4 Å². The number of nitrogens with two attached hydrogens (primary N) is 1. The van der Waals surface area contributed by atoms with Crippen LogP contribution in [0.5, 0.6) is 0 Å². The maximum atomic E-state index is 15.0. The molecule has 1 unspecified atom stereocenters. The molecule has 1 amide bonds. The smallest absolute Gasteiger partial charge is 0.332 e. The van der Waals surface area contributed by atoms with Crippen LogP contribution in [0.3, 0.4) is 0 Å². The van der Waals surface area contributed by atoms with Gasteiger partial charge in [-0.05, 0) is 42.5 Å². The van der Waals surface area contributed by atoms with E-state index in [1.54, 1.807) is 21.9 Å². The summed E-state index contributed by atoms with van der Waals surface area (Å²) >= 11 is 6.07. The molecule has 5 rings (SSSR count). The van der Waals surface area contributed by atoms with Crippen molar-refractivity contribution in [1.29, 1.82) is 0 Å². The molecule has 38 heavy (non-hydrogen) atoms. The summed E-state index contributed by atoms with van der Waals surface area (Å²) in [7, 11) is -3.81. The van der Waals surface area contributed by atoms with Crippen LogP contribution in [0.25, 0.3) is 0 Å². The van der Waals surface area contributed by atoms with Gasteiger partial charge in [0.2, 0.25) is 21.8 Å². The van der Waals surface area contributed by atoms with Gasteiger partial charge in [0.05, 0.1) is 4.90 Å². The van der Waals surface area contributed by atoms with Crippen molar-refractivity contribution < 1.29 is 22.0 Å². The highest BCUT2D eigenvalue weighted by Gasteiger charge is 2.39. The van der Waals surface area contributed by atoms with E-state index in [-0.39, 0.29) is 60.4 Å². The second kappa shape index (κ2) is 10.1. The van der Waals surface area contributed by atoms with Crippen LogP contribution in [-0.4, -0.2) is 72.3 Å². The number of nitrogens with zero attached hydrogens (tertiary/aromatic N) is 6. The number of benzene rings is 1. The monoisotopic (exact) mass is 563 g/mol. The Balaban J connectivity index is 1.29. The first kappa shape index (κ1) is 26.4. The molecule has 2 fully saturated rings. The molecule has 2 aliphatic rings. The zero-order chi connectivity index (χ0) is 27.1. The van der Waals surface area contributed by atoms with E-state index in [1.807, 2.05) is 0 Å². The number of amides is 1. The van der Waals surface area contributed by atoms with Gasteiger partial charge in [-0.25, -0.2) is 23.4 Å². The largest absolute Gasteiger partial charge is 0.354 e. The number of pyridine rings is 1. The summed E-state index contributed by atoms with van der Waals surface area (Å²) < 4.78 is 57.9. The lowest BCUT2D eigenvalue weighted by molar-refractivity contribution is -0.117. The van der Waals surface area contributed by atoms with E-state index in [9.17, 15) is 13.2 Å². The van der Waals surface area contributed by atoms with Gasteiger partial charge < -0.3 is 15.5 Å². The molecule has 0 bridgehead atoms. The number of alkyl halides is 2. The molecule has 14 heteroatoms. The zero-order valence-corrected chi connectivity index (χ0v) is 21.6. The van der Waals surface area contributed by atoms with E-state index in [2.05, 4.69) is 15.0 Å². The summed E-state index contributed by atoms with van der Waals surface area (Å²) in [6, 6.07) is 9.59. The number of hydrogen-bond acceptors (Lipinski definition) is 8. The molecule has 0 saturated carbocycles. The second-order valence-corrected chi connectivity index (χ2v) is 11.4. The van der Waals surface area contributed by atoms with Crippen LogP contribution in [0, 0.1) is 0 Å². The first-order chi connectivity index (χ1) is 18.1. The molecule has 1 aromatic carbocycles. The molecule has 2 N–H and O–H groups in total. The van der Waals surface area contributed by atoms with Crippen LogP contribution < -0.4 is 15.5 Å². The predicted molar refractivity (Wildman–Crippen MR) is 137 cm³/mol. The Hall–Kier alpha value is -3.26. The topological polar surface area (TPSA) is 126 Å². The third-order valence-corrected chi connectivity index (χ3v) is 8.60. The summed E-state index contributed by atoms with van der Waals surface area (Å²) in [4.78, 5) is 26.9. The lowest BCUT2D eigenvalue weighted by Crippen LogP contribution is -2.49. The second-order valence-electron chi connectivity index (χ2n) is 9.04. The summed E-state index contributed by atoms with van der Waals surface area (Å²) in [6.07, 6.45) is 2.72. The summed E-state index contributed by atoms with van der Waals surface area (Å²) in [5.74, 6) is -4.05. The minimum atomic E-state index is -3.81. The van der Waals surface area contributed by atoms with Gasteiger partial charge in [0.1, 0.15) is 11.0 Å². The molecule has 0 spiro atoms. The van der Waals surface area contributed by atoms with Gasteiger partial charge in [0.15, 0.2) is 0 Å². The van der Waals surface area contributed by atoms with Gasteiger partial charge >= 0.3 is 5.92 Å². The van der Waals surface area contributed by atoms with Gasteiger partial charge in [-0.15, -0.1) is 0 Å². The van der Waals surface area contributed by atoms with Crippen LogP contribution in [0.2, 0.25) is 5.15 Å². The Morgan fingerprint density at radius 3 is 2.29 bits per heavy atom. The quantitative estimate of drug-likeness (QED) is 0.453. The van der Waals surface area contributed by atoms with E-state index < -0.39 is 27.3 Å². The third-order valence-electron chi connectivity index (χ3n) is 6.49. The number of carbonyl (C=O) groups excluding carboxylic acids is 1. The molecule has 4 heterocycles. The van der Waals surface area contributed by atoms with Gasteiger partial charge in [-0.1, -0.05) is 11.6 Å². The average Bonchev–Trinajstić information content (AvgIpc) is 3.26. The highest BCUT2D eigenvalue weighted by molar-refractivity contribution is 7.89. The molecule has 3 aromatic rings. The van der Waals surface area contributed by atoms with Gasteiger partial charge in [0.25, 0.3) is 0 Å². The number of aromatic nitrogens is 3. The van der Waals surface area contributed by atoms with Crippen LogP contribution in [-0.2, 0) is 20.7 Å². The fraction of sp³-hybridized carbons (Fsp3) is 0.333. The van der Waals surface area contributed by atoms with E-state index in [0.29, 0.717) is 12.2 Å². The minimum absolute atomic E-state index is 0.0938. The molecule has 2 aromatic heterocycles. The number of carbonyl (C=O) groups is 1. The molecule has 10 nitrogen and oxygen atoms in total. The summed E-state index contributed by atoms with van der Waals surface area (Å²) in [5.41, 5.74) is 6.02. The van der Waals surface area contributed by atoms with Gasteiger partial charge in [-0.2, -0.15) is 13.1 Å². The highest BCUT2D eigenvalue weighted by Crippen LogP contribution is 2.36. The number of halogens is 3. The van der Waals surface area contributed by atoms with E-state index in [1.165, 1.54) is 41.0 Å². The summed E-state index contributed by atoms with van der Waals surface area (Å²) in [5, 5.41) is -0.124. The lowest BCUT2D eigenvalue weighted by Gasteiger charge is -2.35. The van der Waals surface area contributed by atoms with Gasteiger partial charge in [-0.3, -0.25) is 4.79 Å². The van der Waals surface area contributed by atoms with E-state index in [0.717, 1.165) is 6.07 Å². The van der Waals surface area contributed by atoms with E-state index >= 15 is 8.78 Å². The number of rotatable bonds is 6. The average molecular weight is 564 g/mol. The molecule has 2 aliphatic heterocycles. The first-order valence-corrected chi connectivity index (χ1v) is 13.6. The SMILES string of the molecule is NC1CC(=O)N(c2ccc(S(=O)(=O)N3CCN(c4cc(C(F)(F)c5ncccn5)cc(Cl)n4)CC3)cc2)C1. The minimum Gasteiger partial charge on any atom is -0.354 e. The van der Waals surface area contributed by atoms with Crippen LogP contribution >= 0.6 is 11.6 Å². The van der Waals surface area contributed by atoms with Crippen molar-refractivity contribution in [2.45, 2.75) is 23.3 Å². The van der Waals surface area contributed by atoms with Crippen LogP contribution in [0.15, 0.2) is 59.8 Å². The van der Waals surface area contributed by atoms with Crippen molar-refractivity contribution in [2.75, 3.05) is 42.5 Å². The van der Waals surface area contributed by atoms with Crippen LogP contribution in [0.4, 0.5) is 20.3 Å². The Kier molecular flexibility index (Phi) is 7.03. The molecule has 200 valence electrons. The number of piperazine rings is 1. The molecule has 1 atom stereocenters. The van der Waals surface area contributed by atoms with Crippen molar-refractivity contribution in [3.8, 4) is 0 Å². The predicted octanol–water partition coefficient (Wildman–Crippen LogP) is 2.24. The van der Waals surface area contributed by atoms with Crippen molar-refractivity contribution >= 4 is 39.0 Å². The molecule has 0 radical (unpaired) electrons. The fourth-order valence-electron chi connectivity index (χ4n) is 4.51. The number of sulfonamides is 1. The Morgan fingerprint density at radius 1 is 1.03 bits per heavy atom. The van der Waals surface area contributed by atoms with Crippen molar-refractivity contribution in [3.63, 3.8) is 0 Å². The zero-order valence-electron chi connectivity index (χ0n) is 20.0. The van der Waals surface area contributed by atoms with Crippen molar-refractivity contribution in [1.82, 2.24) is 19.3 Å². The summed E-state index contributed by atoms with van der Waals surface area (Å²) in [6.45, 7) is 1.06. The Morgan fingerprint density at radius 2 is 1.68 bits per heavy atom. The van der Waals surface area contributed by atoms with Crippen LogP contribution in [0.1, 0.15) is 17.8 Å². The van der Waals surface area contributed by atoms with Gasteiger partial charge in [0, 0.05) is 68.8 Å². The molecular weight excluding hydrogens is 540 g/mol. The first-order valence-electron chi connectivity index (χ1n) is 11.8. The fourth-order valence-corrected chi connectivity index (χ4v) is 6.13. The Labute approximate surface area is 223 Å².